The zero-order valence-electron chi connectivity index (χ0n) is 8.63. The number of nitrogens with zero attached hydrogens (tertiary/aromatic N) is 1. The molecule has 0 bridgehead atoms. The van der Waals surface area contributed by atoms with E-state index >= 15 is 0 Å². The second kappa shape index (κ2) is 4.96. The predicted molar refractivity (Wildman–Crippen MR) is 66.4 cm³/mol. The number of pyridine rings is 1. The number of rotatable bonds is 4. The Morgan fingerprint density at radius 3 is 3.06 bits per heavy atom. The second-order valence-electron chi connectivity index (χ2n) is 3.43. The third-order valence-electron chi connectivity index (χ3n) is 2.19. The first-order valence-electron chi connectivity index (χ1n) is 4.91. The van der Waals surface area contributed by atoms with Gasteiger partial charge in [0.25, 0.3) is 0 Å². The van der Waals surface area contributed by atoms with Crippen LogP contribution in [0, 0.1) is 0 Å². The van der Waals surface area contributed by atoms with E-state index in [0.29, 0.717) is 18.1 Å². The van der Waals surface area contributed by atoms with Crippen LogP contribution in [0.25, 0.3) is 0 Å². The smallest absolute Gasteiger partial charge is 0.128 e. The summed E-state index contributed by atoms with van der Waals surface area (Å²) in [6.07, 6.45) is 1.11. The Balaban J connectivity index is 1.92. The quantitative estimate of drug-likeness (QED) is 0.756. The molecular weight excluding hydrogens is 222 g/mol. The van der Waals surface area contributed by atoms with Crippen molar-refractivity contribution in [1.29, 1.82) is 0 Å². The molecule has 0 aliphatic rings. The molecule has 84 valence electrons. The van der Waals surface area contributed by atoms with Crippen molar-refractivity contribution in [1.82, 2.24) is 4.98 Å². The van der Waals surface area contributed by atoms with Gasteiger partial charge in [0.15, 0.2) is 0 Å². The van der Waals surface area contributed by atoms with Crippen LogP contribution >= 0.6 is 11.3 Å². The lowest BCUT2D eigenvalue weighted by atomic mass is 10.2. The van der Waals surface area contributed by atoms with E-state index in [0.717, 1.165) is 5.56 Å². The number of hydrogen-bond acceptors (Lipinski definition) is 5. The molecule has 1 atom stereocenters. The summed E-state index contributed by atoms with van der Waals surface area (Å²) in [6.45, 7) is 0.424. The number of aliphatic hydroxyl groups is 1. The third kappa shape index (κ3) is 2.71. The molecule has 5 heteroatoms. The summed E-state index contributed by atoms with van der Waals surface area (Å²) < 4.78 is 0. The van der Waals surface area contributed by atoms with Gasteiger partial charge in [-0.3, -0.25) is 0 Å². The van der Waals surface area contributed by atoms with Crippen LogP contribution < -0.4 is 11.1 Å². The Kier molecular flexibility index (Phi) is 3.38. The van der Waals surface area contributed by atoms with E-state index in [1.165, 1.54) is 0 Å². The van der Waals surface area contributed by atoms with Crippen LogP contribution in [0.5, 0.6) is 0 Å². The van der Waals surface area contributed by atoms with Gasteiger partial charge in [0, 0.05) is 24.5 Å². The van der Waals surface area contributed by atoms with Gasteiger partial charge in [0.2, 0.25) is 0 Å². The number of hydrogen-bond donors (Lipinski definition) is 3. The van der Waals surface area contributed by atoms with E-state index in [4.69, 9.17) is 5.73 Å². The summed E-state index contributed by atoms with van der Waals surface area (Å²) >= 11 is 1.57. The largest absolute Gasteiger partial charge is 0.399 e. The van der Waals surface area contributed by atoms with Gasteiger partial charge in [0.05, 0.1) is 6.10 Å². The minimum absolute atomic E-state index is 0.424. The fourth-order valence-electron chi connectivity index (χ4n) is 1.33. The van der Waals surface area contributed by atoms with Crippen molar-refractivity contribution in [2.24, 2.45) is 0 Å². The number of nitrogens with two attached hydrogens (primary N) is 1. The second-order valence-corrected chi connectivity index (χ2v) is 4.21. The number of aliphatic hydroxyl groups excluding tert-OH is 1. The van der Waals surface area contributed by atoms with Crippen LogP contribution in [0.1, 0.15) is 11.7 Å². The SMILES string of the molecule is Nc1ccnc(NCC(O)c2ccsc2)c1. The van der Waals surface area contributed by atoms with E-state index in [1.807, 2.05) is 16.8 Å². The maximum Gasteiger partial charge on any atom is 0.128 e. The van der Waals surface area contributed by atoms with Crippen LogP contribution in [-0.2, 0) is 0 Å². The molecule has 0 radical (unpaired) electrons. The van der Waals surface area contributed by atoms with Crippen molar-refractivity contribution in [2.75, 3.05) is 17.6 Å². The summed E-state index contributed by atoms with van der Waals surface area (Å²) in [6, 6.07) is 5.37. The first-order chi connectivity index (χ1) is 7.75. The molecule has 0 fully saturated rings. The van der Waals surface area contributed by atoms with Crippen molar-refractivity contribution >= 4 is 22.8 Å². The van der Waals surface area contributed by atoms with E-state index < -0.39 is 6.10 Å². The highest BCUT2D eigenvalue weighted by Crippen LogP contribution is 2.17. The van der Waals surface area contributed by atoms with Gasteiger partial charge in [-0.15, -0.1) is 0 Å². The van der Waals surface area contributed by atoms with Crippen LogP contribution in [0.2, 0.25) is 0 Å². The van der Waals surface area contributed by atoms with Gasteiger partial charge in [-0.1, -0.05) is 0 Å². The Hall–Kier alpha value is -1.59. The average molecular weight is 235 g/mol. The lowest BCUT2D eigenvalue weighted by Gasteiger charge is -2.11. The number of nitrogen functional groups attached to an aromatic ring is 1. The van der Waals surface area contributed by atoms with Gasteiger partial charge in [0.1, 0.15) is 5.82 Å². The number of thiophene rings is 1. The minimum atomic E-state index is -0.519. The van der Waals surface area contributed by atoms with Crippen LogP contribution in [-0.4, -0.2) is 16.6 Å². The Morgan fingerprint density at radius 2 is 2.38 bits per heavy atom. The lowest BCUT2D eigenvalue weighted by molar-refractivity contribution is 0.192. The number of aromatic nitrogens is 1. The fraction of sp³-hybridized carbons (Fsp3) is 0.182. The zero-order valence-corrected chi connectivity index (χ0v) is 9.45. The van der Waals surface area contributed by atoms with Crippen LogP contribution in [0.4, 0.5) is 11.5 Å². The molecule has 0 aromatic carbocycles. The molecular formula is C11H13N3OS. The van der Waals surface area contributed by atoms with Crippen molar-refractivity contribution in [2.45, 2.75) is 6.10 Å². The van der Waals surface area contributed by atoms with Crippen molar-refractivity contribution < 1.29 is 5.11 Å². The summed E-state index contributed by atoms with van der Waals surface area (Å²) in [7, 11) is 0. The molecule has 0 spiro atoms. The molecule has 0 aliphatic carbocycles. The van der Waals surface area contributed by atoms with Crippen LogP contribution in [0.3, 0.4) is 0 Å². The van der Waals surface area contributed by atoms with E-state index in [-0.39, 0.29) is 0 Å². The topological polar surface area (TPSA) is 71.2 Å². The summed E-state index contributed by atoms with van der Waals surface area (Å²) in [5.41, 5.74) is 7.19. The van der Waals surface area contributed by atoms with E-state index in [2.05, 4.69) is 10.3 Å². The van der Waals surface area contributed by atoms with E-state index in [1.54, 1.807) is 29.7 Å². The molecule has 2 aromatic rings. The highest BCUT2D eigenvalue weighted by Gasteiger charge is 2.07. The zero-order chi connectivity index (χ0) is 11.4. The maximum atomic E-state index is 9.83. The lowest BCUT2D eigenvalue weighted by Crippen LogP contribution is -2.12. The average Bonchev–Trinajstić information content (AvgIpc) is 2.79. The molecule has 2 heterocycles. The normalized spacial score (nSPS) is 12.3. The van der Waals surface area contributed by atoms with Crippen molar-refractivity contribution in [3.63, 3.8) is 0 Å². The molecule has 0 aliphatic heterocycles. The first-order valence-corrected chi connectivity index (χ1v) is 5.85. The van der Waals surface area contributed by atoms with Gasteiger partial charge >= 0.3 is 0 Å². The maximum absolute atomic E-state index is 9.83. The molecule has 1 unspecified atom stereocenters. The van der Waals surface area contributed by atoms with Crippen molar-refractivity contribution in [3.05, 3.63) is 40.7 Å². The molecule has 0 saturated heterocycles. The highest BCUT2D eigenvalue weighted by molar-refractivity contribution is 7.07. The Morgan fingerprint density at radius 1 is 1.50 bits per heavy atom. The number of anilines is 2. The third-order valence-corrected chi connectivity index (χ3v) is 2.89. The van der Waals surface area contributed by atoms with Gasteiger partial charge in [-0.2, -0.15) is 11.3 Å². The summed E-state index contributed by atoms with van der Waals surface area (Å²) in [4.78, 5) is 4.09. The standard InChI is InChI=1S/C11H13N3OS/c12-9-1-3-13-11(5-9)14-6-10(15)8-2-4-16-7-8/h1-5,7,10,15H,6H2,(H3,12,13,14). The van der Waals surface area contributed by atoms with Crippen LogP contribution in [0.15, 0.2) is 35.2 Å². The monoisotopic (exact) mass is 235 g/mol. The molecule has 16 heavy (non-hydrogen) atoms. The van der Waals surface area contributed by atoms with E-state index in [9.17, 15) is 5.11 Å². The Bertz CT molecular complexity index is 444. The predicted octanol–water partition coefficient (Wildman–Crippen LogP) is 1.87. The molecule has 0 saturated carbocycles. The molecule has 2 aromatic heterocycles. The van der Waals surface area contributed by atoms with Crippen molar-refractivity contribution in [3.8, 4) is 0 Å². The fourth-order valence-corrected chi connectivity index (χ4v) is 2.03. The van der Waals surface area contributed by atoms with Gasteiger partial charge in [-0.25, -0.2) is 4.98 Å². The van der Waals surface area contributed by atoms with Gasteiger partial charge < -0.3 is 16.2 Å². The molecule has 4 N–H and O–H groups in total. The highest BCUT2D eigenvalue weighted by atomic mass is 32.1. The molecule has 2 rings (SSSR count). The minimum Gasteiger partial charge on any atom is -0.399 e. The summed E-state index contributed by atoms with van der Waals surface area (Å²) in [5, 5.41) is 16.7. The molecule has 0 amide bonds. The molecule has 4 nitrogen and oxygen atoms in total. The first kappa shape index (κ1) is 10.9. The summed E-state index contributed by atoms with van der Waals surface area (Å²) in [5.74, 6) is 0.675. The van der Waals surface area contributed by atoms with Gasteiger partial charge in [-0.05, 0) is 28.5 Å². The Labute approximate surface area is 97.8 Å². The number of nitrogens with one attached hydrogen (secondary N) is 1.